The molecule has 1 aliphatic heterocycles. The number of aromatic nitrogens is 2. The van der Waals surface area contributed by atoms with Crippen molar-refractivity contribution in [2.75, 3.05) is 6.54 Å². The molecule has 1 amide bonds. The molecule has 0 aliphatic carbocycles. The van der Waals surface area contributed by atoms with Crippen LogP contribution in [-0.2, 0) is 11.2 Å². The highest BCUT2D eigenvalue weighted by molar-refractivity contribution is 6.30. The second kappa shape index (κ2) is 6.44. The number of halogens is 1. The molecule has 2 heterocycles. The van der Waals surface area contributed by atoms with E-state index in [1.54, 1.807) is 19.3 Å². The predicted molar refractivity (Wildman–Crippen MR) is 85.7 cm³/mol. The SMILES string of the molecule is CC(=O)N1CCCC1c1cncc(Cc2cccc(Cl)c2)n1. The standard InChI is InChI=1S/C17H18ClN3O/c1-12(22)21-7-3-6-17(21)16-11-19-10-15(20-16)9-13-4-2-5-14(18)8-13/h2,4-5,8,10-11,17H,3,6-7,9H2,1H3. The molecular weight excluding hydrogens is 298 g/mol. The zero-order valence-electron chi connectivity index (χ0n) is 12.5. The van der Waals surface area contributed by atoms with Crippen LogP contribution in [0.3, 0.4) is 0 Å². The first-order valence-electron chi connectivity index (χ1n) is 7.46. The number of benzene rings is 1. The second-order valence-electron chi connectivity index (χ2n) is 5.61. The van der Waals surface area contributed by atoms with Crippen molar-refractivity contribution in [2.24, 2.45) is 0 Å². The molecule has 1 atom stereocenters. The molecule has 1 aromatic heterocycles. The Bertz CT molecular complexity index is 689. The lowest BCUT2D eigenvalue weighted by Gasteiger charge is -2.22. The van der Waals surface area contributed by atoms with E-state index in [0.717, 1.165) is 41.4 Å². The summed E-state index contributed by atoms with van der Waals surface area (Å²) in [5.74, 6) is 0.101. The van der Waals surface area contributed by atoms with Crippen molar-refractivity contribution < 1.29 is 4.79 Å². The summed E-state index contributed by atoms with van der Waals surface area (Å²) in [4.78, 5) is 22.6. The van der Waals surface area contributed by atoms with E-state index >= 15 is 0 Å². The summed E-state index contributed by atoms with van der Waals surface area (Å²) in [5, 5.41) is 0.722. The van der Waals surface area contributed by atoms with Crippen molar-refractivity contribution in [1.82, 2.24) is 14.9 Å². The minimum atomic E-state index is 0.0595. The Kier molecular flexibility index (Phi) is 4.39. The van der Waals surface area contributed by atoms with E-state index in [1.807, 2.05) is 29.2 Å². The van der Waals surface area contributed by atoms with E-state index in [-0.39, 0.29) is 11.9 Å². The predicted octanol–water partition coefficient (Wildman–Crippen LogP) is 3.40. The van der Waals surface area contributed by atoms with Crippen LogP contribution in [0, 0.1) is 0 Å². The molecule has 0 spiro atoms. The normalized spacial score (nSPS) is 17.7. The number of hydrogen-bond acceptors (Lipinski definition) is 3. The van der Waals surface area contributed by atoms with Gasteiger partial charge in [-0.15, -0.1) is 0 Å². The van der Waals surface area contributed by atoms with E-state index in [1.165, 1.54) is 0 Å². The highest BCUT2D eigenvalue weighted by Crippen LogP contribution is 2.30. The maximum atomic E-state index is 11.7. The van der Waals surface area contributed by atoms with Crippen LogP contribution < -0.4 is 0 Å². The summed E-state index contributed by atoms with van der Waals surface area (Å²) in [6.45, 7) is 2.42. The first kappa shape index (κ1) is 15.0. The van der Waals surface area contributed by atoms with Crippen molar-refractivity contribution in [3.05, 3.63) is 58.6 Å². The van der Waals surface area contributed by atoms with Gasteiger partial charge in [0, 0.05) is 31.1 Å². The monoisotopic (exact) mass is 315 g/mol. The van der Waals surface area contributed by atoms with Crippen LogP contribution >= 0.6 is 11.6 Å². The lowest BCUT2D eigenvalue weighted by atomic mass is 10.1. The lowest BCUT2D eigenvalue weighted by molar-refractivity contribution is -0.129. The molecule has 1 saturated heterocycles. The zero-order chi connectivity index (χ0) is 15.5. The Morgan fingerprint density at radius 1 is 1.41 bits per heavy atom. The molecule has 1 fully saturated rings. The average molecular weight is 316 g/mol. The van der Waals surface area contributed by atoms with Gasteiger partial charge in [0.2, 0.25) is 5.91 Å². The Hall–Kier alpha value is -1.94. The van der Waals surface area contributed by atoms with Crippen LogP contribution in [0.25, 0.3) is 0 Å². The van der Waals surface area contributed by atoms with Crippen molar-refractivity contribution in [1.29, 1.82) is 0 Å². The van der Waals surface area contributed by atoms with Crippen LogP contribution in [-0.4, -0.2) is 27.3 Å². The fourth-order valence-corrected chi connectivity index (χ4v) is 3.19. The van der Waals surface area contributed by atoms with E-state index in [9.17, 15) is 4.79 Å². The number of carbonyl (C=O) groups is 1. The van der Waals surface area contributed by atoms with Gasteiger partial charge in [0.1, 0.15) is 0 Å². The van der Waals surface area contributed by atoms with Gasteiger partial charge in [-0.25, -0.2) is 0 Å². The molecular formula is C17H18ClN3O. The fourth-order valence-electron chi connectivity index (χ4n) is 2.98. The zero-order valence-corrected chi connectivity index (χ0v) is 13.3. The van der Waals surface area contributed by atoms with E-state index < -0.39 is 0 Å². The molecule has 5 heteroatoms. The van der Waals surface area contributed by atoms with Crippen LogP contribution in [0.5, 0.6) is 0 Å². The van der Waals surface area contributed by atoms with Crippen molar-refractivity contribution in [3.63, 3.8) is 0 Å². The van der Waals surface area contributed by atoms with Crippen molar-refractivity contribution in [2.45, 2.75) is 32.2 Å². The van der Waals surface area contributed by atoms with Crippen LogP contribution in [0.1, 0.15) is 42.8 Å². The molecule has 1 aliphatic rings. The number of rotatable bonds is 3. The molecule has 0 saturated carbocycles. The summed E-state index contributed by atoms with van der Waals surface area (Å²) < 4.78 is 0. The summed E-state index contributed by atoms with van der Waals surface area (Å²) >= 11 is 6.02. The number of hydrogen-bond donors (Lipinski definition) is 0. The number of likely N-dealkylation sites (tertiary alicyclic amines) is 1. The first-order chi connectivity index (χ1) is 10.6. The molecule has 0 radical (unpaired) electrons. The van der Waals surface area contributed by atoms with Crippen molar-refractivity contribution in [3.8, 4) is 0 Å². The third-order valence-corrected chi connectivity index (χ3v) is 4.21. The summed E-state index contributed by atoms with van der Waals surface area (Å²) in [7, 11) is 0. The maximum absolute atomic E-state index is 11.7. The minimum Gasteiger partial charge on any atom is -0.334 e. The minimum absolute atomic E-state index is 0.0595. The molecule has 114 valence electrons. The van der Waals surface area contributed by atoms with Gasteiger partial charge < -0.3 is 4.90 Å². The van der Waals surface area contributed by atoms with E-state index in [4.69, 9.17) is 16.6 Å². The maximum Gasteiger partial charge on any atom is 0.220 e. The van der Waals surface area contributed by atoms with Crippen molar-refractivity contribution >= 4 is 17.5 Å². The van der Waals surface area contributed by atoms with Gasteiger partial charge in [-0.3, -0.25) is 14.8 Å². The van der Waals surface area contributed by atoms with Gasteiger partial charge >= 0.3 is 0 Å². The van der Waals surface area contributed by atoms with E-state index in [0.29, 0.717) is 6.42 Å². The van der Waals surface area contributed by atoms with E-state index in [2.05, 4.69) is 4.98 Å². The highest BCUT2D eigenvalue weighted by Gasteiger charge is 2.29. The molecule has 0 bridgehead atoms. The van der Waals surface area contributed by atoms with Gasteiger partial charge in [-0.1, -0.05) is 23.7 Å². The molecule has 22 heavy (non-hydrogen) atoms. The van der Waals surface area contributed by atoms with Gasteiger partial charge in [0.25, 0.3) is 0 Å². The molecule has 4 nitrogen and oxygen atoms in total. The van der Waals surface area contributed by atoms with Gasteiger partial charge in [-0.05, 0) is 30.5 Å². The smallest absolute Gasteiger partial charge is 0.220 e. The number of carbonyl (C=O) groups excluding carboxylic acids is 1. The third-order valence-electron chi connectivity index (χ3n) is 3.98. The number of amides is 1. The largest absolute Gasteiger partial charge is 0.334 e. The highest BCUT2D eigenvalue weighted by atomic mass is 35.5. The van der Waals surface area contributed by atoms with Gasteiger partial charge in [0.15, 0.2) is 0 Å². The Balaban J connectivity index is 1.82. The third kappa shape index (κ3) is 3.28. The summed E-state index contributed by atoms with van der Waals surface area (Å²) in [6, 6.07) is 7.81. The Morgan fingerprint density at radius 2 is 2.27 bits per heavy atom. The number of nitrogens with zero attached hydrogens (tertiary/aromatic N) is 3. The average Bonchev–Trinajstić information content (AvgIpc) is 2.97. The van der Waals surface area contributed by atoms with Crippen LogP contribution in [0.2, 0.25) is 5.02 Å². The lowest BCUT2D eigenvalue weighted by Crippen LogP contribution is -2.28. The quantitative estimate of drug-likeness (QED) is 0.872. The summed E-state index contributed by atoms with van der Waals surface area (Å²) in [5.41, 5.74) is 2.89. The Morgan fingerprint density at radius 3 is 3.05 bits per heavy atom. The molecule has 1 aromatic carbocycles. The Labute approximate surface area is 135 Å². The topological polar surface area (TPSA) is 46.1 Å². The molecule has 3 rings (SSSR count). The molecule has 1 unspecified atom stereocenters. The van der Waals surface area contributed by atoms with Gasteiger partial charge in [-0.2, -0.15) is 0 Å². The fraction of sp³-hybridized carbons (Fsp3) is 0.353. The van der Waals surface area contributed by atoms with Crippen LogP contribution in [0.4, 0.5) is 0 Å². The molecule has 0 N–H and O–H groups in total. The van der Waals surface area contributed by atoms with Gasteiger partial charge in [0.05, 0.1) is 23.6 Å². The molecule has 2 aromatic rings. The van der Waals surface area contributed by atoms with Crippen LogP contribution in [0.15, 0.2) is 36.7 Å². The first-order valence-corrected chi connectivity index (χ1v) is 7.84. The second-order valence-corrected chi connectivity index (χ2v) is 6.05. The summed E-state index contributed by atoms with van der Waals surface area (Å²) in [6.07, 6.45) is 6.21.